The quantitative estimate of drug-likeness (QED) is 0.836. The minimum absolute atomic E-state index is 0.228. The van der Waals surface area contributed by atoms with Gasteiger partial charge in [-0.25, -0.2) is 8.70 Å². The molecule has 0 bridgehead atoms. The number of aliphatic hydroxyl groups excluding tert-OH is 1. The number of hydrogen-bond donors (Lipinski definition) is 2. The largest absolute Gasteiger partial charge is 0.393 e. The predicted octanol–water partition coefficient (Wildman–Crippen LogP) is 2.02. The number of β-amino-alcohol motifs (C(OH)–C–C–N with tert-alkyl or cyclic N) is 1. The molecule has 17 heavy (non-hydrogen) atoms. The highest BCUT2D eigenvalue weighted by molar-refractivity contribution is 9.10. The molecule has 1 heterocycles. The summed E-state index contributed by atoms with van der Waals surface area (Å²) >= 11 is 4.75. The van der Waals surface area contributed by atoms with E-state index in [2.05, 4.69) is 15.9 Å². The fraction of sp³-hybridized carbons (Fsp3) is 0.455. The molecule has 2 N–H and O–H groups in total. The molecule has 0 saturated carbocycles. The standard InChI is InChI=1S/C11H13BrFNO2S/c12-9-5-8(13)1-2-10(9)17-14-4-3-11(16,6-14)7-15/h1-2,5,15-16H,3-4,6-7H2. The van der Waals surface area contributed by atoms with Crippen LogP contribution in [0.15, 0.2) is 27.6 Å². The molecule has 0 aliphatic carbocycles. The zero-order valence-electron chi connectivity index (χ0n) is 9.07. The van der Waals surface area contributed by atoms with Gasteiger partial charge >= 0.3 is 0 Å². The Morgan fingerprint density at radius 3 is 2.88 bits per heavy atom. The van der Waals surface area contributed by atoms with Crippen molar-refractivity contribution in [1.82, 2.24) is 4.31 Å². The molecule has 1 aliphatic heterocycles. The molecule has 1 aromatic rings. The topological polar surface area (TPSA) is 43.7 Å². The molecule has 1 aliphatic rings. The van der Waals surface area contributed by atoms with Gasteiger partial charge < -0.3 is 10.2 Å². The van der Waals surface area contributed by atoms with Crippen molar-refractivity contribution in [2.45, 2.75) is 16.9 Å². The second kappa shape index (κ2) is 5.24. The van der Waals surface area contributed by atoms with Gasteiger partial charge in [0.05, 0.1) is 6.61 Å². The summed E-state index contributed by atoms with van der Waals surface area (Å²) in [6, 6.07) is 4.51. The van der Waals surface area contributed by atoms with Gasteiger partial charge in [0.25, 0.3) is 0 Å². The molecule has 2 rings (SSSR count). The maximum absolute atomic E-state index is 12.9. The van der Waals surface area contributed by atoms with Crippen LogP contribution in [0.3, 0.4) is 0 Å². The second-order valence-corrected chi connectivity index (χ2v) is 6.16. The predicted molar refractivity (Wildman–Crippen MR) is 68.2 cm³/mol. The summed E-state index contributed by atoms with van der Waals surface area (Å²) in [4.78, 5) is 0.897. The van der Waals surface area contributed by atoms with Gasteiger partial charge in [0.1, 0.15) is 11.4 Å². The van der Waals surface area contributed by atoms with Gasteiger partial charge in [-0.1, -0.05) is 0 Å². The van der Waals surface area contributed by atoms with E-state index >= 15 is 0 Å². The third-order valence-corrected chi connectivity index (χ3v) is 4.75. The minimum atomic E-state index is -1.00. The van der Waals surface area contributed by atoms with Gasteiger partial charge in [-0.05, 0) is 52.5 Å². The van der Waals surface area contributed by atoms with Gasteiger partial charge in [0.15, 0.2) is 0 Å². The van der Waals surface area contributed by atoms with E-state index in [0.29, 0.717) is 24.0 Å². The van der Waals surface area contributed by atoms with Crippen LogP contribution >= 0.6 is 27.9 Å². The van der Waals surface area contributed by atoms with E-state index in [-0.39, 0.29) is 12.4 Å². The van der Waals surface area contributed by atoms with Crippen LogP contribution in [0.4, 0.5) is 4.39 Å². The molecule has 1 atom stereocenters. The number of aliphatic hydroxyl groups is 2. The number of hydrogen-bond acceptors (Lipinski definition) is 4. The first-order valence-corrected chi connectivity index (χ1v) is 6.80. The maximum Gasteiger partial charge on any atom is 0.124 e. The molecular weight excluding hydrogens is 309 g/mol. The third kappa shape index (κ3) is 3.20. The number of rotatable bonds is 3. The highest BCUT2D eigenvalue weighted by atomic mass is 79.9. The van der Waals surface area contributed by atoms with Crippen LogP contribution in [-0.2, 0) is 0 Å². The van der Waals surface area contributed by atoms with Crippen molar-refractivity contribution in [3.63, 3.8) is 0 Å². The van der Waals surface area contributed by atoms with Crippen LogP contribution in [-0.4, -0.2) is 39.8 Å². The Morgan fingerprint density at radius 2 is 2.29 bits per heavy atom. The summed E-state index contributed by atoms with van der Waals surface area (Å²) in [5, 5.41) is 18.9. The smallest absolute Gasteiger partial charge is 0.124 e. The fourth-order valence-electron chi connectivity index (χ4n) is 1.71. The number of halogens is 2. The highest BCUT2D eigenvalue weighted by Gasteiger charge is 2.36. The Labute approximate surface area is 112 Å². The fourth-order valence-corrected chi connectivity index (χ4v) is 3.32. The summed E-state index contributed by atoms with van der Waals surface area (Å²) in [6.07, 6.45) is 0.551. The Kier molecular flexibility index (Phi) is 4.10. The van der Waals surface area contributed by atoms with Crippen LogP contribution in [0.5, 0.6) is 0 Å². The molecule has 0 aromatic heterocycles. The van der Waals surface area contributed by atoms with E-state index < -0.39 is 5.60 Å². The summed E-state index contributed by atoms with van der Waals surface area (Å²) in [5.74, 6) is -0.283. The van der Waals surface area contributed by atoms with Gasteiger partial charge in [-0.15, -0.1) is 0 Å². The summed E-state index contributed by atoms with van der Waals surface area (Å²) in [6.45, 7) is 0.887. The second-order valence-electron chi connectivity index (χ2n) is 4.16. The van der Waals surface area contributed by atoms with E-state index in [9.17, 15) is 9.50 Å². The van der Waals surface area contributed by atoms with Crippen molar-refractivity contribution < 1.29 is 14.6 Å². The van der Waals surface area contributed by atoms with Gasteiger partial charge in [-0.2, -0.15) is 0 Å². The zero-order valence-corrected chi connectivity index (χ0v) is 11.5. The summed E-state index contributed by atoms with van der Waals surface area (Å²) in [7, 11) is 0. The molecule has 0 spiro atoms. The lowest BCUT2D eigenvalue weighted by molar-refractivity contribution is -0.000269. The molecule has 0 amide bonds. The average molecular weight is 322 g/mol. The van der Waals surface area contributed by atoms with E-state index in [1.54, 1.807) is 6.07 Å². The Morgan fingerprint density at radius 1 is 1.53 bits per heavy atom. The third-order valence-electron chi connectivity index (χ3n) is 2.71. The van der Waals surface area contributed by atoms with E-state index in [1.807, 2.05) is 4.31 Å². The molecule has 3 nitrogen and oxygen atoms in total. The first kappa shape index (κ1) is 13.3. The molecule has 0 radical (unpaired) electrons. The first-order valence-electron chi connectivity index (χ1n) is 5.24. The normalized spacial score (nSPS) is 25.4. The average Bonchev–Trinajstić information content (AvgIpc) is 2.66. The lowest BCUT2D eigenvalue weighted by Gasteiger charge is -2.20. The van der Waals surface area contributed by atoms with E-state index in [0.717, 1.165) is 4.90 Å². The molecular formula is C11H13BrFNO2S. The van der Waals surface area contributed by atoms with Crippen LogP contribution in [0.25, 0.3) is 0 Å². The van der Waals surface area contributed by atoms with Crippen molar-refractivity contribution in [2.24, 2.45) is 0 Å². The molecule has 1 fully saturated rings. The molecule has 1 unspecified atom stereocenters. The lowest BCUT2D eigenvalue weighted by atomic mass is 10.1. The molecule has 94 valence electrons. The summed E-state index contributed by atoms with van der Waals surface area (Å²) < 4.78 is 15.6. The highest BCUT2D eigenvalue weighted by Crippen LogP contribution is 2.35. The molecule has 1 saturated heterocycles. The molecule has 1 aromatic carbocycles. The van der Waals surface area contributed by atoms with E-state index in [4.69, 9.17) is 5.11 Å². The van der Waals surface area contributed by atoms with Crippen LogP contribution in [0.1, 0.15) is 6.42 Å². The van der Waals surface area contributed by atoms with Crippen molar-refractivity contribution in [3.8, 4) is 0 Å². The SMILES string of the molecule is OCC1(O)CCN(Sc2ccc(F)cc2Br)C1. The number of nitrogens with zero attached hydrogens (tertiary/aromatic N) is 1. The van der Waals surface area contributed by atoms with Crippen LogP contribution in [0.2, 0.25) is 0 Å². The maximum atomic E-state index is 12.9. The van der Waals surface area contributed by atoms with Crippen LogP contribution < -0.4 is 0 Å². The Balaban J connectivity index is 2.03. The van der Waals surface area contributed by atoms with Crippen LogP contribution in [0, 0.1) is 5.82 Å². The minimum Gasteiger partial charge on any atom is -0.393 e. The zero-order chi connectivity index (χ0) is 12.5. The number of benzene rings is 1. The monoisotopic (exact) mass is 321 g/mol. The first-order chi connectivity index (χ1) is 8.02. The lowest BCUT2D eigenvalue weighted by Crippen LogP contribution is -2.35. The van der Waals surface area contributed by atoms with E-state index in [1.165, 1.54) is 24.1 Å². The Hall–Kier alpha value is -0.140. The van der Waals surface area contributed by atoms with Crippen molar-refractivity contribution in [1.29, 1.82) is 0 Å². The van der Waals surface area contributed by atoms with Crippen molar-refractivity contribution in [2.75, 3.05) is 19.7 Å². The van der Waals surface area contributed by atoms with Gasteiger partial charge in [-0.3, -0.25) is 0 Å². The van der Waals surface area contributed by atoms with Gasteiger partial charge in [0, 0.05) is 22.5 Å². The van der Waals surface area contributed by atoms with Crippen molar-refractivity contribution in [3.05, 3.63) is 28.5 Å². The Bertz CT molecular complexity index is 420. The van der Waals surface area contributed by atoms with Gasteiger partial charge in [0.2, 0.25) is 0 Å². The van der Waals surface area contributed by atoms with Crippen molar-refractivity contribution >= 4 is 27.9 Å². The molecule has 6 heteroatoms. The summed E-state index contributed by atoms with van der Waals surface area (Å²) in [5.41, 5.74) is -1.00.